The van der Waals surface area contributed by atoms with Crippen LogP contribution in [0.4, 0.5) is 0 Å². The molecule has 1 aliphatic heterocycles. The molecule has 126 valence electrons. The molecule has 1 atom stereocenters. The first kappa shape index (κ1) is 16.5. The quantitative estimate of drug-likeness (QED) is 0.894. The lowest BCUT2D eigenvalue weighted by Gasteiger charge is -2.22. The summed E-state index contributed by atoms with van der Waals surface area (Å²) in [5.74, 6) is 0.136. The number of nitrogens with one attached hydrogen (secondary N) is 2. The minimum Gasteiger partial charge on any atom is -0.348 e. The van der Waals surface area contributed by atoms with Crippen molar-refractivity contribution < 1.29 is 4.79 Å². The van der Waals surface area contributed by atoms with Crippen LogP contribution in [0.3, 0.4) is 0 Å². The number of amides is 1. The van der Waals surface area contributed by atoms with E-state index in [2.05, 4.69) is 40.7 Å². The van der Waals surface area contributed by atoms with Crippen molar-refractivity contribution in [2.24, 2.45) is 0 Å². The van der Waals surface area contributed by atoms with E-state index in [1.807, 2.05) is 0 Å². The fourth-order valence-corrected chi connectivity index (χ4v) is 3.66. The van der Waals surface area contributed by atoms with Gasteiger partial charge < -0.3 is 10.6 Å². The van der Waals surface area contributed by atoms with Gasteiger partial charge in [-0.15, -0.1) is 0 Å². The zero-order valence-corrected chi connectivity index (χ0v) is 14.2. The van der Waals surface area contributed by atoms with Crippen molar-refractivity contribution in [3.63, 3.8) is 0 Å². The lowest BCUT2D eigenvalue weighted by molar-refractivity contribution is -0.122. The van der Waals surface area contributed by atoms with Crippen LogP contribution in [-0.4, -0.2) is 43.5 Å². The predicted molar refractivity (Wildman–Crippen MR) is 93.6 cm³/mol. The lowest BCUT2D eigenvalue weighted by Crippen LogP contribution is -2.39. The van der Waals surface area contributed by atoms with E-state index in [1.54, 1.807) is 0 Å². The second kappa shape index (κ2) is 7.93. The fraction of sp³-hybridized carbons (Fsp3) is 0.632. The van der Waals surface area contributed by atoms with Gasteiger partial charge in [0, 0.05) is 13.1 Å². The highest BCUT2D eigenvalue weighted by atomic mass is 16.2. The lowest BCUT2D eigenvalue weighted by atomic mass is 9.89. The third-order valence-electron chi connectivity index (χ3n) is 5.05. The van der Waals surface area contributed by atoms with E-state index in [1.165, 1.54) is 42.4 Å². The van der Waals surface area contributed by atoms with Gasteiger partial charge in [0.05, 0.1) is 12.6 Å². The van der Waals surface area contributed by atoms with Gasteiger partial charge in [-0.25, -0.2) is 0 Å². The largest absolute Gasteiger partial charge is 0.348 e. The minimum atomic E-state index is 0.0832. The van der Waals surface area contributed by atoms with Crippen LogP contribution in [0.5, 0.6) is 0 Å². The maximum absolute atomic E-state index is 12.3. The highest BCUT2D eigenvalue weighted by molar-refractivity contribution is 5.78. The Labute approximate surface area is 139 Å². The van der Waals surface area contributed by atoms with Crippen LogP contribution in [0.1, 0.15) is 48.9 Å². The molecule has 1 aliphatic carbocycles. The molecule has 0 saturated carbocycles. The second-order valence-electron chi connectivity index (χ2n) is 6.90. The van der Waals surface area contributed by atoms with E-state index in [0.29, 0.717) is 6.54 Å². The van der Waals surface area contributed by atoms with E-state index in [4.69, 9.17) is 0 Å². The fourth-order valence-electron chi connectivity index (χ4n) is 3.66. The van der Waals surface area contributed by atoms with Crippen LogP contribution in [0.15, 0.2) is 18.2 Å². The Balaban J connectivity index is 1.55. The number of benzene rings is 1. The molecule has 0 radical (unpaired) electrons. The average molecular weight is 315 g/mol. The van der Waals surface area contributed by atoms with Gasteiger partial charge in [0.25, 0.3) is 0 Å². The van der Waals surface area contributed by atoms with E-state index in [9.17, 15) is 4.79 Å². The summed E-state index contributed by atoms with van der Waals surface area (Å²) in [7, 11) is 0. The summed E-state index contributed by atoms with van der Waals surface area (Å²) in [4.78, 5) is 14.6. The van der Waals surface area contributed by atoms with Gasteiger partial charge in [0.2, 0.25) is 5.91 Å². The Morgan fingerprint density at radius 3 is 2.87 bits per heavy atom. The number of carbonyl (C=O) groups is 1. The summed E-state index contributed by atoms with van der Waals surface area (Å²) in [6.07, 6.45) is 6.11. The third kappa shape index (κ3) is 4.55. The molecule has 1 amide bonds. The standard InChI is InChI=1S/C19H29N3O/c1-15(17-8-7-16-5-2-3-6-18(16)13-17)21-19(23)14-22-11-4-9-20-10-12-22/h7-8,13,15,20H,2-6,9-12,14H2,1H3,(H,21,23). The summed E-state index contributed by atoms with van der Waals surface area (Å²) in [6, 6.07) is 6.83. The van der Waals surface area contributed by atoms with Crippen LogP contribution < -0.4 is 10.6 Å². The molecule has 1 unspecified atom stereocenters. The Hall–Kier alpha value is -1.39. The van der Waals surface area contributed by atoms with Gasteiger partial charge in [0.15, 0.2) is 0 Å². The SMILES string of the molecule is CC(NC(=O)CN1CCCNCC1)c1ccc2c(c1)CCCC2. The van der Waals surface area contributed by atoms with Crippen molar-refractivity contribution in [3.05, 3.63) is 34.9 Å². The van der Waals surface area contributed by atoms with E-state index in [0.717, 1.165) is 32.6 Å². The Kier molecular flexibility index (Phi) is 5.68. The van der Waals surface area contributed by atoms with Crippen LogP contribution in [0, 0.1) is 0 Å². The zero-order chi connectivity index (χ0) is 16.1. The summed E-state index contributed by atoms with van der Waals surface area (Å²) in [6.45, 7) is 6.61. The number of carbonyl (C=O) groups excluding carboxylic acids is 1. The molecule has 0 aromatic heterocycles. The van der Waals surface area contributed by atoms with Crippen LogP contribution in [0.2, 0.25) is 0 Å². The predicted octanol–water partition coefficient (Wildman–Crippen LogP) is 2.04. The first-order valence-corrected chi connectivity index (χ1v) is 9.06. The van der Waals surface area contributed by atoms with Gasteiger partial charge in [0.1, 0.15) is 0 Å². The molecule has 0 spiro atoms. The number of fused-ring (bicyclic) bond motifs is 1. The van der Waals surface area contributed by atoms with Crippen molar-refractivity contribution in [2.75, 3.05) is 32.7 Å². The number of hydrogen-bond acceptors (Lipinski definition) is 3. The maximum Gasteiger partial charge on any atom is 0.234 e. The molecule has 4 heteroatoms. The number of rotatable bonds is 4. The molecule has 1 heterocycles. The summed E-state index contributed by atoms with van der Waals surface area (Å²) in [5.41, 5.74) is 4.21. The molecule has 23 heavy (non-hydrogen) atoms. The normalized spacial score (nSPS) is 20.4. The van der Waals surface area contributed by atoms with E-state index < -0.39 is 0 Å². The highest BCUT2D eigenvalue weighted by Crippen LogP contribution is 2.24. The highest BCUT2D eigenvalue weighted by Gasteiger charge is 2.16. The van der Waals surface area contributed by atoms with Crippen molar-refractivity contribution in [2.45, 2.75) is 45.1 Å². The maximum atomic E-state index is 12.3. The molecule has 2 aliphatic rings. The van der Waals surface area contributed by atoms with Crippen molar-refractivity contribution in [1.29, 1.82) is 0 Å². The summed E-state index contributed by atoms with van der Waals surface area (Å²) < 4.78 is 0. The number of aryl methyl sites for hydroxylation is 2. The minimum absolute atomic E-state index is 0.0832. The monoisotopic (exact) mass is 315 g/mol. The van der Waals surface area contributed by atoms with Gasteiger partial charge in [-0.05, 0) is 68.8 Å². The summed E-state index contributed by atoms with van der Waals surface area (Å²) in [5, 5.41) is 6.54. The van der Waals surface area contributed by atoms with Crippen LogP contribution >= 0.6 is 0 Å². The molecule has 4 nitrogen and oxygen atoms in total. The molecule has 1 saturated heterocycles. The topological polar surface area (TPSA) is 44.4 Å². The van der Waals surface area contributed by atoms with Crippen LogP contribution in [-0.2, 0) is 17.6 Å². The van der Waals surface area contributed by atoms with Crippen molar-refractivity contribution in [1.82, 2.24) is 15.5 Å². The molecular weight excluding hydrogens is 286 g/mol. The first-order chi connectivity index (χ1) is 11.2. The first-order valence-electron chi connectivity index (χ1n) is 9.06. The van der Waals surface area contributed by atoms with Crippen LogP contribution in [0.25, 0.3) is 0 Å². The van der Waals surface area contributed by atoms with Crippen molar-refractivity contribution >= 4 is 5.91 Å². The number of nitrogens with zero attached hydrogens (tertiary/aromatic N) is 1. The second-order valence-corrected chi connectivity index (χ2v) is 6.90. The average Bonchev–Trinajstić information content (AvgIpc) is 2.83. The van der Waals surface area contributed by atoms with Gasteiger partial charge in [-0.1, -0.05) is 18.2 Å². The molecule has 3 rings (SSSR count). The smallest absolute Gasteiger partial charge is 0.234 e. The molecule has 0 bridgehead atoms. The molecular formula is C19H29N3O. The van der Waals surface area contributed by atoms with Gasteiger partial charge in [-0.3, -0.25) is 9.69 Å². The Morgan fingerprint density at radius 2 is 2.00 bits per heavy atom. The Morgan fingerprint density at radius 1 is 1.17 bits per heavy atom. The Bertz CT molecular complexity index is 535. The van der Waals surface area contributed by atoms with Gasteiger partial charge in [-0.2, -0.15) is 0 Å². The van der Waals surface area contributed by atoms with Crippen molar-refractivity contribution in [3.8, 4) is 0 Å². The zero-order valence-electron chi connectivity index (χ0n) is 14.2. The van der Waals surface area contributed by atoms with Gasteiger partial charge >= 0.3 is 0 Å². The molecule has 1 aromatic rings. The van der Waals surface area contributed by atoms with E-state index in [-0.39, 0.29) is 11.9 Å². The third-order valence-corrected chi connectivity index (χ3v) is 5.05. The molecule has 1 fully saturated rings. The molecule has 2 N–H and O–H groups in total. The summed E-state index contributed by atoms with van der Waals surface area (Å²) >= 11 is 0. The molecule has 1 aromatic carbocycles. The van der Waals surface area contributed by atoms with E-state index >= 15 is 0 Å². The number of hydrogen-bond donors (Lipinski definition) is 2.